The lowest BCUT2D eigenvalue weighted by Crippen LogP contribution is -2.09. The van der Waals surface area contributed by atoms with Crippen molar-refractivity contribution in [2.24, 2.45) is 0 Å². The summed E-state index contributed by atoms with van der Waals surface area (Å²) in [5.41, 5.74) is 1.26. The van der Waals surface area contributed by atoms with Crippen LogP contribution in [-0.2, 0) is 9.09 Å². The van der Waals surface area contributed by atoms with E-state index in [1.54, 1.807) is 0 Å². The van der Waals surface area contributed by atoms with Gasteiger partial charge >= 0.3 is 6.72 Å². The molecule has 2 unspecified atom stereocenters. The summed E-state index contributed by atoms with van der Waals surface area (Å²) in [4.78, 5) is 0. The summed E-state index contributed by atoms with van der Waals surface area (Å²) in [6.45, 7) is 3.52. The van der Waals surface area contributed by atoms with Gasteiger partial charge in [0.1, 0.15) is 0 Å². The second-order valence-electron chi connectivity index (χ2n) is 2.49. The molecule has 0 amide bonds. The molecule has 1 N–H and O–H groups in total. The first-order valence-corrected chi connectivity index (χ1v) is 7.80. The average Bonchev–Trinajstić information content (AvgIpc) is 2.04. The fraction of sp³-hybridized carbons (Fsp3) is 0.857. The number of nitrogens with one attached hydrogen (secondary N) is 1. The molecule has 0 bridgehead atoms. The molecule has 0 aromatic heterocycles. The van der Waals surface area contributed by atoms with Crippen LogP contribution in [-0.4, -0.2) is 17.3 Å². The molecule has 0 aromatic rings. The van der Waals surface area contributed by atoms with Crippen molar-refractivity contribution in [3.05, 3.63) is 0 Å². The Balaban J connectivity index is 4.22. The standard InChI is InChI=1S/C7H16NO2PS2/c1-4-7(3)13-11(9,8-6-12)10-5-2/h6-7H,4-5H2,1-3H3,(H,8,9,12). The predicted molar refractivity (Wildman–Crippen MR) is 63.4 cm³/mol. The van der Waals surface area contributed by atoms with Gasteiger partial charge in [0.05, 0.1) is 12.1 Å². The SMILES string of the molecule is CCOP(=O)(NC=S)SC(C)CC. The molecule has 0 aliphatic carbocycles. The minimum Gasteiger partial charge on any atom is -0.306 e. The van der Waals surface area contributed by atoms with E-state index >= 15 is 0 Å². The Labute approximate surface area is 89.3 Å². The van der Waals surface area contributed by atoms with E-state index in [9.17, 15) is 4.57 Å². The lowest BCUT2D eigenvalue weighted by Gasteiger charge is -2.18. The third-order valence-corrected chi connectivity index (χ3v) is 6.26. The average molecular weight is 241 g/mol. The van der Waals surface area contributed by atoms with Gasteiger partial charge in [0.2, 0.25) is 0 Å². The molecule has 0 radical (unpaired) electrons. The molecular weight excluding hydrogens is 225 g/mol. The molecule has 0 saturated heterocycles. The molecule has 2 atom stereocenters. The van der Waals surface area contributed by atoms with Gasteiger partial charge in [-0.3, -0.25) is 4.57 Å². The maximum Gasteiger partial charge on any atom is 0.351 e. The normalized spacial score (nSPS) is 17.5. The molecule has 0 spiro atoms. The van der Waals surface area contributed by atoms with Crippen molar-refractivity contribution in [2.45, 2.75) is 32.4 Å². The minimum atomic E-state index is -2.79. The van der Waals surface area contributed by atoms with Gasteiger partial charge in [-0.15, -0.1) is 0 Å². The summed E-state index contributed by atoms with van der Waals surface area (Å²) >= 11 is 5.92. The molecule has 13 heavy (non-hydrogen) atoms. The highest BCUT2D eigenvalue weighted by Crippen LogP contribution is 2.57. The van der Waals surface area contributed by atoms with Crippen LogP contribution < -0.4 is 5.09 Å². The first kappa shape index (κ1) is 13.4. The molecule has 0 rings (SSSR count). The van der Waals surface area contributed by atoms with Gasteiger partial charge in [0.15, 0.2) is 0 Å². The van der Waals surface area contributed by atoms with Crippen molar-refractivity contribution in [2.75, 3.05) is 6.61 Å². The molecule has 0 saturated carbocycles. The third-order valence-electron chi connectivity index (χ3n) is 1.40. The lowest BCUT2D eigenvalue weighted by molar-refractivity contribution is 0.343. The number of hydrogen-bond donors (Lipinski definition) is 1. The molecule has 0 aromatic carbocycles. The highest BCUT2D eigenvalue weighted by atomic mass is 32.7. The summed E-state index contributed by atoms with van der Waals surface area (Å²) < 4.78 is 17.1. The van der Waals surface area contributed by atoms with Crippen molar-refractivity contribution in [3.63, 3.8) is 0 Å². The minimum absolute atomic E-state index is 0.305. The van der Waals surface area contributed by atoms with Gasteiger partial charge in [0, 0.05) is 5.25 Å². The highest BCUT2D eigenvalue weighted by Gasteiger charge is 2.24. The highest BCUT2D eigenvalue weighted by molar-refractivity contribution is 8.56. The topological polar surface area (TPSA) is 38.3 Å². The maximum atomic E-state index is 11.9. The molecule has 0 heterocycles. The fourth-order valence-corrected chi connectivity index (χ4v) is 5.26. The third kappa shape index (κ3) is 5.68. The Morgan fingerprint density at radius 1 is 1.69 bits per heavy atom. The van der Waals surface area contributed by atoms with Crippen LogP contribution in [0.3, 0.4) is 0 Å². The summed E-state index contributed by atoms with van der Waals surface area (Å²) in [6, 6.07) is 0. The maximum absolute atomic E-state index is 11.9. The van der Waals surface area contributed by atoms with Crippen LogP contribution in [0.2, 0.25) is 0 Å². The van der Waals surface area contributed by atoms with Gasteiger partial charge in [-0.05, 0) is 24.7 Å². The summed E-state index contributed by atoms with van der Waals surface area (Å²) in [7, 11) is 0. The Morgan fingerprint density at radius 3 is 2.69 bits per heavy atom. The smallest absolute Gasteiger partial charge is 0.306 e. The summed E-state index contributed by atoms with van der Waals surface area (Å²) in [5, 5.41) is 2.92. The van der Waals surface area contributed by atoms with E-state index in [1.807, 2.05) is 20.8 Å². The van der Waals surface area contributed by atoms with Crippen molar-refractivity contribution in [1.29, 1.82) is 0 Å². The van der Waals surface area contributed by atoms with E-state index in [4.69, 9.17) is 4.52 Å². The Hall–Kier alpha value is 0.430. The van der Waals surface area contributed by atoms with E-state index in [-0.39, 0.29) is 0 Å². The zero-order valence-electron chi connectivity index (χ0n) is 8.15. The number of rotatable bonds is 7. The largest absolute Gasteiger partial charge is 0.351 e. The van der Waals surface area contributed by atoms with Crippen LogP contribution in [0.1, 0.15) is 27.2 Å². The molecule has 0 aliphatic rings. The molecule has 0 fully saturated rings. The Kier molecular flexibility index (Phi) is 7.05. The van der Waals surface area contributed by atoms with Crippen molar-refractivity contribution >= 4 is 35.8 Å². The number of hydrogen-bond acceptors (Lipinski definition) is 4. The van der Waals surface area contributed by atoms with E-state index in [1.165, 1.54) is 16.9 Å². The van der Waals surface area contributed by atoms with E-state index < -0.39 is 6.72 Å². The van der Waals surface area contributed by atoms with Crippen LogP contribution in [0.4, 0.5) is 0 Å². The lowest BCUT2D eigenvalue weighted by atomic mass is 10.4. The first-order chi connectivity index (χ1) is 6.08. The summed E-state index contributed by atoms with van der Waals surface area (Å²) in [6.07, 6.45) is 0.959. The zero-order valence-corrected chi connectivity index (χ0v) is 10.7. The van der Waals surface area contributed by atoms with E-state index in [0.717, 1.165) is 6.42 Å². The monoisotopic (exact) mass is 241 g/mol. The zero-order chi connectivity index (χ0) is 10.3. The fourth-order valence-electron chi connectivity index (χ4n) is 0.644. The molecule has 6 heteroatoms. The van der Waals surface area contributed by atoms with Crippen LogP contribution in [0.15, 0.2) is 0 Å². The Bertz CT molecular complexity index is 201. The second kappa shape index (κ2) is 6.82. The van der Waals surface area contributed by atoms with E-state index in [0.29, 0.717) is 11.9 Å². The van der Waals surface area contributed by atoms with Crippen LogP contribution in [0.25, 0.3) is 0 Å². The molecule has 3 nitrogen and oxygen atoms in total. The predicted octanol–water partition coefficient (Wildman–Crippen LogP) is 3.21. The van der Waals surface area contributed by atoms with Gasteiger partial charge < -0.3 is 9.61 Å². The van der Waals surface area contributed by atoms with E-state index in [2.05, 4.69) is 17.3 Å². The summed E-state index contributed by atoms with van der Waals surface area (Å²) in [5.74, 6) is 0. The van der Waals surface area contributed by atoms with Gasteiger partial charge in [0.25, 0.3) is 0 Å². The van der Waals surface area contributed by atoms with Crippen molar-refractivity contribution < 1.29 is 9.09 Å². The molecule has 0 aliphatic heterocycles. The Morgan fingerprint density at radius 2 is 2.31 bits per heavy atom. The van der Waals surface area contributed by atoms with Crippen molar-refractivity contribution in [1.82, 2.24) is 5.09 Å². The molecule has 78 valence electrons. The number of thiocarbonyl (C=S) groups is 1. The van der Waals surface area contributed by atoms with Gasteiger partial charge in [-0.1, -0.05) is 26.1 Å². The van der Waals surface area contributed by atoms with Crippen LogP contribution in [0, 0.1) is 0 Å². The second-order valence-corrected chi connectivity index (χ2v) is 7.32. The molecular formula is C7H16NO2PS2. The van der Waals surface area contributed by atoms with Gasteiger partial charge in [-0.25, -0.2) is 0 Å². The van der Waals surface area contributed by atoms with Crippen molar-refractivity contribution in [3.8, 4) is 0 Å². The van der Waals surface area contributed by atoms with Gasteiger partial charge in [-0.2, -0.15) is 0 Å². The quantitative estimate of drug-likeness (QED) is 0.547. The van der Waals surface area contributed by atoms with Crippen LogP contribution >= 0.6 is 30.3 Å². The first-order valence-electron chi connectivity index (χ1n) is 4.22. The van der Waals surface area contributed by atoms with Crippen LogP contribution in [0.5, 0.6) is 0 Å².